The third-order valence-electron chi connectivity index (χ3n) is 8.30. The number of ether oxygens (including phenoxy) is 1. The van der Waals surface area contributed by atoms with E-state index in [4.69, 9.17) is 4.74 Å². The number of hydrogen-bond acceptors (Lipinski definition) is 8. The Bertz CT molecular complexity index is 1770. The van der Waals surface area contributed by atoms with Gasteiger partial charge in [-0.3, -0.25) is 19.2 Å². The van der Waals surface area contributed by atoms with Crippen LogP contribution in [0.2, 0.25) is 0 Å². The molecule has 2 aromatic carbocycles. The van der Waals surface area contributed by atoms with E-state index in [1.807, 2.05) is 42.5 Å². The Hall–Kier alpha value is -4.84. The van der Waals surface area contributed by atoms with Gasteiger partial charge in [0.1, 0.15) is 17.8 Å². The molecule has 3 amide bonds. The molecule has 0 unspecified atom stereocenters. The van der Waals surface area contributed by atoms with E-state index in [1.165, 1.54) is 37.2 Å². The summed E-state index contributed by atoms with van der Waals surface area (Å²) < 4.78 is 20.6. The summed E-state index contributed by atoms with van der Waals surface area (Å²) in [5.74, 6) is -3.42. The molecule has 0 saturated heterocycles. The molecule has 0 spiro atoms. The zero-order valence-corrected chi connectivity index (χ0v) is 29.9. The topological polar surface area (TPSA) is 144 Å². The van der Waals surface area contributed by atoms with Crippen molar-refractivity contribution >= 4 is 51.3 Å². The van der Waals surface area contributed by atoms with E-state index < -0.39 is 47.3 Å². The van der Waals surface area contributed by atoms with Crippen molar-refractivity contribution in [2.45, 2.75) is 90.3 Å². The number of benzene rings is 2. The normalized spacial score (nSPS) is 18.4. The molecule has 0 radical (unpaired) electrons. The quantitative estimate of drug-likeness (QED) is 0.0867. The van der Waals surface area contributed by atoms with Crippen molar-refractivity contribution in [3.8, 4) is 0 Å². The zero-order valence-electron chi connectivity index (χ0n) is 29.0. The Kier molecular flexibility index (Phi) is 15.4. The number of fused-ring (bicyclic) bond motifs is 3. The van der Waals surface area contributed by atoms with Gasteiger partial charge in [0.2, 0.25) is 5.91 Å². The smallest absolute Gasteiger partial charge is 0.329 e. The number of aromatic nitrogens is 1. The number of halogens is 1. The van der Waals surface area contributed by atoms with Crippen LogP contribution in [0.1, 0.15) is 87.0 Å². The van der Waals surface area contributed by atoms with Crippen LogP contribution in [0.3, 0.4) is 0 Å². The number of hydrogen-bond donors (Lipinski definition) is 3. The van der Waals surface area contributed by atoms with Gasteiger partial charge in [-0.05, 0) is 54.3 Å². The van der Waals surface area contributed by atoms with E-state index in [0.717, 1.165) is 48.1 Å². The summed E-state index contributed by atoms with van der Waals surface area (Å²) in [6.45, 7) is 3.54. The Morgan fingerprint density at radius 1 is 1.00 bits per heavy atom. The number of amides is 3. The predicted molar refractivity (Wildman–Crippen MR) is 196 cm³/mol. The standard InChI is InChI=1S/C39H45FN4O6S/c1-3-5-6-7-8-19-35(46)51-22-12-11-17-29-24-34(45)41-25-28-20-21-31(40)36(42-28)38(48)43-32(4-2)37(47)44-33(39(49)50-29)23-27-16-13-15-26-14-9-10-18-30(26)27/h4,9-11,13-18,20-21,29,33H,3,5-8,12,19,22-25H2,1-2H3,(H,41,45)(H,43,48)(H,44,47)/b17-11+,32-4-/t29-,33+/m1/s1. The molecule has 270 valence electrons. The lowest BCUT2D eigenvalue weighted by atomic mass is 9.98. The van der Waals surface area contributed by atoms with Crippen molar-refractivity contribution in [1.82, 2.24) is 20.9 Å². The molecule has 1 aromatic heterocycles. The van der Waals surface area contributed by atoms with Gasteiger partial charge in [0.25, 0.3) is 11.8 Å². The van der Waals surface area contributed by atoms with Gasteiger partial charge in [-0.25, -0.2) is 14.2 Å². The minimum atomic E-state index is -1.23. The van der Waals surface area contributed by atoms with Crippen LogP contribution >= 0.6 is 11.8 Å². The fraction of sp³-hybridized carbons (Fsp3) is 0.385. The first kappa shape index (κ1) is 39.0. The van der Waals surface area contributed by atoms with Crippen LogP contribution in [-0.2, 0) is 36.9 Å². The van der Waals surface area contributed by atoms with E-state index >= 15 is 0 Å². The van der Waals surface area contributed by atoms with E-state index in [2.05, 4.69) is 27.9 Å². The number of allylic oxidation sites excluding steroid dienone is 2. The maximum absolute atomic E-state index is 14.7. The number of esters is 1. The molecule has 12 heteroatoms. The fourth-order valence-electron chi connectivity index (χ4n) is 5.56. The van der Waals surface area contributed by atoms with Crippen molar-refractivity contribution in [1.29, 1.82) is 0 Å². The van der Waals surface area contributed by atoms with Gasteiger partial charge in [0.05, 0.1) is 18.7 Å². The van der Waals surface area contributed by atoms with Crippen LogP contribution in [0.15, 0.2) is 78.5 Å². The first-order valence-electron chi connectivity index (χ1n) is 17.4. The first-order chi connectivity index (χ1) is 24.7. The molecule has 1 aliphatic rings. The van der Waals surface area contributed by atoms with Crippen LogP contribution in [0.4, 0.5) is 4.39 Å². The van der Waals surface area contributed by atoms with Gasteiger partial charge in [0, 0.05) is 18.6 Å². The summed E-state index contributed by atoms with van der Waals surface area (Å²) >= 11 is 1.26. The number of pyridine rings is 1. The summed E-state index contributed by atoms with van der Waals surface area (Å²) in [7, 11) is 0. The molecule has 2 bridgehead atoms. The van der Waals surface area contributed by atoms with Crippen LogP contribution in [0.5, 0.6) is 0 Å². The summed E-state index contributed by atoms with van der Waals surface area (Å²) in [4.78, 5) is 69.9. The molecule has 3 N–H and O–H groups in total. The second-order valence-electron chi connectivity index (χ2n) is 12.2. The Morgan fingerprint density at radius 3 is 2.59 bits per heavy atom. The molecule has 0 fully saturated rings. The molecule has 4 rings (SSSR count). The molecule has 2 heterocycles. The fourth-order valence-corrected chi connectivity index (χ4v) is 6.33. The van der Waals surface area contributed by atoms with Crippen molar-refractivity contribution in [3.05, 3.63) is 101 Å². The van der Waals surface area contributed by atoms with Crippen LogP contribution < -0.4 is 16.0 Å². The zero-order chi connectivity index (χ0) is 36.6. The number of unbranched alkanes of at least 4 members (excludes halogenated alkanes) is 4. The molecule has 1 aliphatic heterocycles. The monoisotopic (exact) mass is 716 g/mol. The van der Waals surface area contributed by atoms with Gasteiger partial charge < -0.3 is 20.7 Å². The number of rotatable bonds is 12. The molecule has 0 saturated carbocycles. The lowest BCUT2D eigenvalue weighted by molar-refractivity contribution is -0.151. The lowest BCUT2D eigenvalue weighted by Gasteiger charge is -2.23. The molecule has 51 heavy (non-hydrogen) atoms. The molecular formula is C39H45FN4O6S. The number of carbonyl (C=O) groups excluding carboxylic acids is 5. The van der Waals surface area contributed by atoms with Crippen LogP contribution in [0, 0.1) is 5.82 Å². The van der Waals surface area contributed by atoms with Gasteiger partial charge >= 0.3 is 5.97 Å². The number of carbonyl (C=O) groups is 5. The van der Waals surface area contributed by atoms with E-state index in [-0.39, 0.29) is 35.9 Å². The number of nitrogens with one attached hydrogen (secondary N) is 3. The average Bonchev–Trinajstić information content (AvgIpc) is 3.12. The maximum atomic E-state index is 14.7. The summed E-state index contributed by atoms with van der Waals surface area (Å²) in [6.07, 6.45) is 9.90. The number of thioether (sulfide) groups is 1. The van der Waals surface area contributed by atoms with E-state index in [1.54, 1.807) is 12.2 Å². The molecule has 3 aromatic rings. The van der Waals surface area contributed by atoms with Crippen molar-refractivity contribution in [2.75, 3.05) is 5.75 Å². The SMILES string of the molecule is C/C=C1\NC(=O)c2nc(ccc2F)CNC(=O)C[C@@H](/C=C/CCSC(=O)CCCCCCC)OC(=O)[C@H](Cc2cccc3ccccc23)NC1=O. The Labute approximate surface area is 302 Å². The predicted octanol–water partition coefficient (Wildman–Crippen LogP) is 6.23. The van der Waals surface area contributed by atoms with E-state index in [9.17, 15) is 28.4 Å². The minimum absolute atomic E-state index is 0.0366. The third kappa shape index (κ3) is 12.2. The number of cyclic esters (lactones) is 1. The van der Waals surface area contributed by atoms with Gasteiger partial charge in [-0.15, -0.1) is 0 Å². The molecule has 10 nitrogen and oxygen atoms in total. The summed E-state index contributed by atoms with van der Waals surface area (Å²) in [6, 6.07) is 14.4. The minimum Gasteiger partial charge on any atom is -0.456 e. The molecule has 2 atom stereocenters. The highest BCUT2D eigenvalue weighted by Gasteiger charge is 2.29. The average molecular weight is 717 g/mol. The highest BCUT2D eigenvalue weighted by atomic mass is 32.2. The van der Waals surface area contributed by atoms with Gasteiger partial charge in [0.15, 0.2) is 16.6 Å². The number of nitrogens with zero attached hydrogens (tertiary/aromatic N) is 1. The first-order valence-corrected chi connectivity index (χ1v) is 18.4. The van der Waals surface area contributed by atoms with Crippen LogP contribution in [0.25, 0.3) is 10.8 Å². The maximum Gasteiger partial charge on any atom is 0.329 e. The Morgan fingerprint density at radius 2 is 1.78 bits per heavy atom. The highest BCUT2D eigenvalue weighted by Crippen LogP contribution is 2.21. The molecule has 0 aliphatic carbocycles. The van der Waals surface area contributed by atoms with E-state index in [0.29, 0.717) is 18.6 Å². The lowest BCUT2D eigenvalue weighted by Crippen LogP contribution is -2.47. The summed E-state index contributed by atoms with van der Waals surface area (Å²) in [5, 5.41) is 9.70. The second kappa shape index (κ2) is 20.1. The highest BCUT2D eigenvalue weighted by molar-refractivity contribution is 8.13. The van der Waals surface area contributed by atoms with Gasteiger partial charge in [-0.1, -0.05) is 99.0 Å². The van der Waals surface area contributed by atoms with Crippen molar-refractivity contribution in [3.63, 3.8) is 0 Å². The van der Waals surface area contributed by atoms with Crippen LogP contribution in [-0.4, -0.2) is 51.7 Å². The van der Waals surface area contributed by atoms with Crippen molar-refractivity contribution < 1.29 is 33.1 Å². The van der Waals surface area contributed by atoms with Gasteiger partial charge in [-0.2, -0.15) is 0 Å². The Balaban J connectivity index is 1.57. The third-order valence-corrected chi connectivity index (χ3v) is 9.26. The summed E-state index contributed by atoms with van der Waals surface area (Å²) in [5.41, 5.74) is 0.198. The molecular weight excluding hydrogens is 672 g/mol. The second-order valence-corrected chi connectivity index (χ2v) is 13.4. The largest absolute Gasteiger partial charge is 0.456 e. The van der Waals surface area contributed by atoms with Crippen molar-refractivity contribution in [2.24, 2.45) is 0 Å².